The van der Waals surface area contributed by atoms with Crippen LogP contribution in [0.25, 0.3) is 0 Å². The normalized spacial score (nSPS) is 13.2. The Morgan fingerprint density at radius 2 is 2.31 bits per heavy atom. The molecule has 13 heavy (non-hydrogen) atoms. The van der Waals surface area contributed by atoms with Gasteiger partial charge in [-0.3, -0.25) is 4.68 Å². The van der Waals surface area contributed by atoms with E-state index in [-0.39, 0.29) is 0 Å². The van der Waals surface area contributed by atoms with E-state index < -0.39 is 6.10 Å². The molecule has 3 heteroatoms. The van der Waals surface area contributed by atoms with Crippen molar-refractivity contribution in [3.05, 3.63) is 18.0 Å². The number of aliphatic hydroxyl groups is 1. The van der Waals surface area contributed by atoms with Gasteiger partial charge in [0.2, 0.25) is 0 Å². The summed E-state index contributed by atoms with van der Waals surface area (Å²) in [5.41, 5.74) is 0.900. The van der Waals surface area contributed by atoms with Crippen molar-refractivity contribution in [1.29, 1.82) is 0 Å². The maximum absolute atomic E-state index is 9.26. The number of hydrogen-bond donors (Lipinski definition) is 1. The summed E-state index contributed by atoms with van der Waals surface area (Å²) in [7, 11) is 0. The minimum absolute atomic E-state index is 0.403. The van der Waals surface area contributed by atoms with Crippen LogP contribution in [0.5, 0.6) is 0 Å². The summed E-state index contributed by atoms with van der Waals surface area (Å²) in [6.45, 7) is 4.90. The van der Waals surface area contributed by atoms with Gasteiger partial charge in [0.25, 0.3) is 0 Å². The van der Waals surface area contributed by atoms with Gasteiger partial charge >= 0.3 is 0 Å². The van der Waals surface area contributed by atoms with E-state index in [9.17, 15) is 5.11 Å². The Hall–Kier alpha value is -0.830. The molecule has 1 rings (SSSR count). The van der Waals surface area contributed by atoms with Gasteiger partial charge in [0.05, 0.1) is 12.3 Å². The van der Waals surface area contributed by atoms with Crippen molar-refractivity contribution in [3.63, 3.8) is 0 Å². The maximum Gasteiger partial charge on any atom is 0.0792 e. The number of hydrogen-bond acceptors (Lipinski definition) is 2. The van der Waals surface area contributed by atoms with Gasteiger partial charge in [-0.2, -0.15) is 5.10 Å². The summed E-state index contributed by atoms with van der Waals surface area (Å²) in [6.07, 6.45) is 6.88. The number of unbranched alkanes of at least 4 members (excludes halogenated alkanes) is 2. The van der Waals surface area contributed by atoms with Gasteiger partial charge in [0.15, 0.2) is 0 Å². The first-order valence-electron chi connectivity index (χ1n) is 4.94. The number of aryl methyl sites for hydroxylation is 1. The SMILES string of the molecule is CCCCCn1cc(C(C)O)cn1. The zero-order valence-corrected chi connectivity index (χ0v) is 8.40. The lowest BCUT2D eigenvalue weighted by Gasteiger charge is -2.00. The van der Waals surface area contributed by atoms with Crippen LogP contribution in [-0.4, -0.2) is 14.9 Å². The zero-order valence-electron chi connectivity index (χ0n) is 8.40. The lowest BCUT2D eigenvalue weighted by molar-refractivity contribution is 0.199. The summed E-state index contributed by atoms with van der Waals surface area (Å²) in [5.74, 6) is 0. The highest BCUT2D eigenvalue weighted by atomic mass is 16.3. The molecule has 1 aromatic rings. The van der Waals surface area contributed by atoms with E-state index in [1.165, 1.54) is 12.8 Å². The van der Waals surface area contributed by atoms with Gasteiger partial charge in [-0.05, 0) is 13.3 Å². The van der Waals surface area contributed by atoms with E-state index in [2.05, 4.69) is 12.0 Å². The molecule has 1 N–H and O–H groups in total. The second-order valence-corrected chi connectivity index (χ2v) is 3.42. The van der Waals surface area contributed by atoms with Gasteiger partial charge in [0.1, 0.15) is 0 Å². The summed E-state index contributed by atoms with van der Waals surface area (Å²) < 4.78 is 1.90. The quantitative estimate of drug-likeness (QED) is 0.708. The van der Waals surface area contributed by atoms with E-state index in [1.807, 2.05) is 10.9 Å². The van der Waals surface area contributed by atoms with Gasteiger partial charge in [-0.25, -0.2) is 0 Å². The summed E-state index contributed by atoms with van der Waals surface area (Å²) in [5, 5.41) is 13.4. The molecule has 0 saturated carbocycles. The van der Waals surface area contributed by atoms with Crippen molar-refractivity contribution >= 4 is 0 Å². The summed E-state index contributed by atoms with van der Waals surface area (Å²) in [6, 6.07) is 0. The van der Waals surface area contributed by atoms with Crippen LogP contribution in [0, 0.1) is 0 Å². The Morgan fingerprint density at radius 1 is 1.54 bits per heavy atom. The van der Waals surface area contributed by atoms with Crippen molar-refractivity contribution in [3.8, 4) is 0 Å². The van der Waals surface area contributed by atoms with Crippen molar-refractivity contribution in [2.24, 2.45) is 0 Å². The van der Waals surface area contributed by atoms with E-state index in [0.717, 1.165) is 18.5 Å². The molecule has 1 atom stereocenters. The molecule has 0 spiro atoms. The first-order chi connectivity index (χ1) is 6.24. The third kappa shape index (κ3) is 3.19. The van der Waals surface area contributed by atoms with Crippen molar-refractivity contribution in [2.45, 2.75) is 45.8 Å². The summed E-state index contributed by atoms with van der Waals surface area (Å²) in [4.78, 5) is 0. The van der Waals surface area contributed by atoms with Crippen LogP contribution in [0.2, 0.25) is 0 Å². The molecule has 1 unspecified atom stereocenters. The molecule has 0 bridgehead atoms. The topological polar surface area (TPSA) is 38.0 Å². The minimum Gasteiger partial charge on any atom is -0.389 e. The molecule has 0 amide bonds. The zero-order chi connectivity index (χ0) is 9.68. The molecule has 0 aromatic carbocycles. The Bertz CT molecular complexity index is 243. The second-order valence-electron chi connectivity index (χ2n) is 3.42. The van der Waals surface area contributed by atoms with Crippen LogP contribution in [-0.2, 0) is 6.54 Å². The molecule has 74 valence electrons. The van der Waals surface area contributed by atoms with Crippen LogP contribution in [0.4, 0.5) is 0 Å². The Kier molecular flexibility index (Phi) is 3.96. The Morgan fingerprint density at radius 3 is 2.85 bits per heavy atom. The van der Waals surface area contributed by atoms with Crippen LogP contribution in [0.3, 0.4) is 0 Å². The van der Waals surface area contributed by atoms with E-state index in [0.29, 0.717) is 0 Å². The monoisotopic (exact) mass is 182 g/mol. The Balaban J connectivity index is 2.40. The average Bonchev–Trinajstić information content (AvgIpc) is 2.53. The first kappa shape index (κ1) is 10.3. The fourth-order valence-corrected chi connectivity index (χ4v) is 1.24. The fraction of sp³-hybridized carbons (Fsp3) is 0.700. The average molecular weight is 182 g/mol. The fourth-order valence-electron chi connectivity index (χ4n) is 1.24. The van der Waals surface area contributed by atoms with Gasteiger partial charge in [0, 0.05) is 18.3 Å². The van der Waals surface area contributed by atoms with Crippen LogP contribution >= 0.6 is 0 Å². The smallest absolute Gasteiger partial charge is 0.0792 e. The second kappa shape index (κ2) is 5.02. The highest BCUT2D eigenvalue weighted by molar-refractivity contribution is 5.06. The molecule has 1 heterocycles. The highest BCUT2D eigenvalue weighted by Gasteiger charge is 2.02. The summed E-state index contributed by atoms with van der Waals surface area (Å²) >= 11 is 0. The van der Waals surface area contributed by atoms with Crippen LogP contribution in [0.15, 0.2) is 12.4 Å². The lowest BCUT2D eigenvalue weighted by Crippen LogP contribution is -1.97. The molecular weight excluding hydrogens is 164 g/mol. The molecule has 0 aliphatic heterocycles. The largest absolute Gasteiger partial charge is 0.389 e. The molecule has 0 aliphatic carbocycles. The van der Waals surface area contributed by atoms with E-state index >= 15 is 0 Å². The number of aliphatic hydroxyl groups excluding tert-OH is 1. The Labute approximate surface area is 79.4 Å². The van der Waals surface area contributed by atoms with Crippen molar-refractivity contribution < 1.29 is 5.11 Å². The molecule has 0 aliphatic rings. The van der Waals surface area contributed by atoms with E-state index in [4.69, 9.17) is 0 Å². The minimum atomic E-state index is -0.403. The lowest BCUT2D eigenvalue weighted by atomic mass is 10.2. The molecule has 3 nitrogen and oxygen atoms in total. The molecule has 0 saturated heterocycles. The third-order valence-corrected chi connectivity index (χ3v) is 2.13. The van der Waals surface area contributed by atoms with Crippen molar-refractivity contribution in [2.75, 3.05) is 0 Å². The predicted octanol–water partition coefficient (Wildman–Crippen LogP) is 2.13. The number of aromatic nitrogens is 2. The number of nitrogens with zero attached hydrogens (tertiary/aromatic N) is 2. The number of rotatable bonds is 5. The molecule has 0 radical (unpaired) electrons. The standard InChI is InChI=1S/C10H18N2O/c1-3-4-5-6-12-8-10(7-11-12)9(2)13/h7-9,13H,3-6H2,1-2H3. The van der Waals surface area contributed by atoms with E-state index in [1.54, 1.807) is 13.1 Å². The highest BCUT2D eigenvalue weighted by Crippen LogP contribution is 2.10. The predicted molar refractivity (Wildman–Crippen MR) is 52.4 cm³/mol. The first-order valence-corrected chi connectivity index (χ1v) is 4.94. The maximum atomic E-state index is 9.26. The molecule has 0 fully saturated rings. The van der Waals surface area contributed by atoms with Gasteiger partial charge < -0.3 is 5.11 Å². The third-order valence-electron chi connectivity index (χ3n) is 2.13. The van der Waals surface area contributed by atoms with Crippen LogP contribution < -0.4 is 0 Å². The molecule has 1 aromatic heterocycles. The molecular formula is C10H18N2O. The van der Waals surface area contributed by atoms with Crippen LogP contribution in [0.1, 0.15) is 44.8 Å². The van der Waals surface area contributed by atoms with Gasteiger partial charge in [-0.15, -0.1) is 0 Å². The van der Waals surface area contributed by atoms with Crippen molar-refractivity contribution in [1.82, 2.24) is 9.78 Å². The van der Waals surface area contributed by atoms with Gasteiger partial charge in [-0.1, -0.05) is 19.8 Å².